The molecule has 0 unspecified atom stereocenters. The lowest BCUT2D eigenvalue weighted by Crippen LogP contribution is -2.15. The Labute approximate surface area is 440 Å². The number of aliphatic hydroxyl groups excluding tert-OH is 1. The molecule has 428 valence electrons. The van der Waals surface area contributed by atoms with Crippen LogP contribution in [0, 0.1) is 0 Å². The smallest absolute Gasteiger partial charge is 0.0701 e. The average molecular weight is 1020 g/mol. The molecule has 1 N–H and O–H groups in total. The van der Waals surface area contributed by atoms with E-state index in [1.807, 2.05) is 0 Å². The van der Waals surface area contributed by atoms with E-state index in [9.17, 15) is 0 Å². The summed E-state index contributed by atoms with van der Waals surface area (Å²) in [4.78, 5) is 0. The van der Waals surface area contributed by atoms with E-state index >= 15 is 0 Å². The molecule has 0 aromatic carbocycles. The van der Waals surface area contributed by atoms with Gasteiger partial charge in [0.05, 0.1) is 132 Å². The van der Waals surface area contributed by atoms with Gasteiger partial charge >= 0.3 is 0 Å². The predicted molar refractivity (Wildman–Crippen MR) is 296 cm³/mol. The largest absolute Gasteiger partial charge is 0.394 e. The van der Waals surface area contributed by atoms with Crippen molar-refractivity contribution in [2.45, 2.75) is 251 Å². The van der Waals surface area contributed by atoms with Gasteiger partial charge in [-0.05, 0) is 6.42 Å². The van der Waals surface area contributed by atoms with Crippen molar-refractivity contribution in [3.8, 4) is 0 Å². The zero-order chi connectivity index (χ0) is 50.8. The summed E-state index contributed by atoms with van der Waals surface area (Å²) >= 11 is 0. The Bertz CT molecular complexity index is 819. The summed E-state index contributed by atoms with van der Waals surface area (Å²) in [6.07, 6.45) is 54.9. The van der Waals surface area contributed by atoms with Crippen LogP contribution in [0.25, 0.3) is 0 Å². The van der Waals surface area contributed by atoms with Crippen molar-refractivity contribution in [2.24, 2.45) is 0 Å². The van der Waals surface area contributed by atoms with E-state index in [-0.39, 0.29) is 6.61 Å². The molecule has 0 saturated carbocycles. The van der Waals surface area contributed by atoms with E-state index in [1.165, 1.54) is 238 Å². The highest BCUT2D eigenvalue weighted by Crippen LogP contribution is 2.17. The predicted octanol–water partition coefficient (Wildman–Crippen LogP) is 15.0. The molecule has 11 heteroatoms. The first kappa shape index (κ1) is 70.6. The molecule has 0 spiro atoms. The minimum atomic E-state index is 0.0305. The normalized spacial score (nSPS) is 11.7. The Balaban J connectivity index is 3.07. The molecule has 11 nitrogen and oxygen atoms in total. The van der Waals surface area contributed by atoms with Crippen LogP contribution in [0.3, 0.4) is 0 Å². The van der Waals surface area contributed by atoms with Crippen molar-refractivity contribution in [1.82, 2.24) is 0 Å². The zero-order valence-electron chi connectivity index (χ0n) is 47.2. The quantitative estimate of drug-likeness (QED) is 0.0588. The van der Waals surface area contributed by atoms with Crippen molar-refractivity contribution in [1.29, 1.82) is 0 Å². The van der Waals surface area contributed by atoms with Crippen molar-refractivity contribution in [3.05, 3.63) is 0 Å². The van der Waals surface area contributed by atoms with Crippen LogP contribution in [-0.4, -0.2) is 144 Å². The highest BCUT2D eigenvalue weighted by Gasteiger charge is 2.00. The summed E-state index contributed by atoms with van der Waals surface area (Å²) in [5.74, 6) is 0. The maximum atomic E-state index is 8.62. The van der Waals surface area contributed by atoms with E-state index < -0.39 is 0 Å². The molecule has 0 bridgehead atoms. The minimum Gasteiger partial charge on any atom is -0.394 e. The monoisotopic (exact) mass is 1020 g/mol. The summed E-state index contributed by atoms with van der Waals surface area (Å²) < 4.78 is 54.9. The molecule has 71 heavy (non-hydrogen) atoms. The van der Waals surface area contributed by atoms with Crippen molar-refractivity contribution >= 4 is 0 Å². The molecule has 0 rings (SSSR count). The van der Waals surface area contributed by atoms with Crippen LogP contribution in [0.2, 0.25) is 0 Å². The van der Waals surface area contributed by atoms with Crippen LogP contribution in [-0.2, 0) is 47.4 Å². The van der Waals surface area contributed by atoms with Gasteiger partial charge in [-0.25, -0.2) is 0 Å². The fraction of sp³-hybridized carbons (Fsp3) is 1.00. The van der Waals surface area contributed by atoms with Crippen LogP contribution in [0.15, 0.2) is 0 Å². The van der Waals surface area contributed by atoms with Gasteiger partial charge in [-0.3, -0.25) is 0 Å². The van der Waals surface area contributed by atoms with Gasteiger partial charge in [-0.15, -0.1) is 0 Å². The molecule has 0 aromatic rings. The molecule has 0 radical (unpaired) electrons. The Morgan fingerprint density at radius 1 is 0.155 bits per heavy atom. The van der Waals surface area contributed by atoms with E-state index in [0.717, 1.165) is 13.0 Å². The second kappa shape index (κ2) is 69.6. The Morgan fingerprint density at radius 2 is 0.282 bits per heavy atom. The maximum absolute atomic E-state index is 8.62. The third-order valence-electron chi connectivity index (χ3n) is 13.2. The summed E-state index contributed by atoms with van der Waals surface area (Å²) in [6, 6.07) is 0. The number of unbranched alkanes of at least 4 members (excludes halogenated alkanes) is 37. The summed E-state index contributed by atoms with van der Waals surface area (Å²) in [5, 5.41) is 8.62. The minimum absolute atomic E-state index is 0.0305. The van der Waals surface area contributed by atoms with E-state index in [0.29, 0.717) is 126 Å². The van der Waals surface area contributed by atoms with Crippen LogP contribution in [0.1, 0.15) is 251 Å². The van der Waals surface area contributed by atoms with Crippen LogP contribution < -0.4 is 0 Å². The number of rotatable bonds is 68. The lowest BCUT2D eigenvalue weighted by molar-refractivity contribution is -0.0268. The van der Waals surface area contributed by atoms with Crippen LogP contribution in [0.4, 0.5) is 0 Å². The Hall–Kier alpha value is -0.440. The number of ether oxygens (including phenoxy) is 10. The molecule has 0 amide bonds. The highest BCUT2D eigenvalue weighted by atomic mass is 16.6. The first-order valence-corrected chi connectivity index (χ1v) is 30.8. The first-order valence-electron chi connectivity index (χ1n) is 30.8. The van der Waals surface area contributed by atoms with Gasteiger partial charge < -0.3 is 52.5 Å². The standard InChI is InChI=1S/C60H122O11/c1-2-3-4-5-6-7-8-9-10-11-12-13-14-15-16-17-18-19-20-21-22-23-24-25-26-27-28-29-30-31-32-33-34-35-36-37-38-39-41-62-43-45-64-47-49-66-51-53-68-55-57-70-59-60-71-58-56-69-54-52-67-50-48-65-46-44-63-42-40-61/h61H,2-60H2,1H3. The molecule has 0 heterocycles. The fourth-order valence-corrected chi connectivity index (χ4v) is 8.79. The maximum Gasteiger partial charge on any atom is 0.0701 e. The molecule has 0 aliphatic rings. The fourth-order valence-electron chi connectivity index (χ4n) is 8.79. The summed E-state index contributed by atoms with van der Waals surface area (Å²) in [5.41, 5.74) is 0. The van der Waals surface area contributed by atoms with Crippen molar-refractivity contribution in [2.75, 3.05) is 139 Å². The van der Waals surface area contributed by atoms with Gasteiger partial charge in [0, 0.05) is 6.61 Å². The number of hydrogen-bond acceptors (Lipinski definition) is 11. The average Bonchev–Trinajstić information content (AvgIpc) is 3.38. The highest BCUT2D eigenvalue weighted by molar-refractivity contribution is 4.54. The van der Waals surface area contributed by atoms with E-state index in [1.54, 1.807) is 0 Å². The topological polar surface area (TPSA) is 113 Å². The molecular formula is C60H122O11. The van der Waals surface area contributed by atoms with Gasteiger partial charge in [0.2, 0.25) is 0 Å². The first-order chi connectivity index (χ1) is 35.4. The molecule has 0 aliphatic heterocycles. The third kappa shape index (κ3) is 69.6. The number of hydrogen-bond donors (Lipinski definition) is 1. The molecule has 0 fully saturated rings. The Morgan fingerprint density at radius 3 is 0.437 bits per heavy atom. The van der Waals surface area contributed by atoms with Crippen LogP contribution >= 0.6 is 0 Å². The molecule has 0 saturated heterocycles. The van der Waals surface area contributed by atoms with E-state index in [4.69, 9.17) is 52.5 Å². The van der Waals surface area contributed by atoms with Gasteiger partial charge in [0.15, 0.2) is 0 Å². The summed E-state index contributed by atoms with van der Waals surface area (Å²) in [6.45, 7) is 13.2. The SMILES string of the molecule is CCCCCCCCCCCCCCCCCCCCCCCCCCCCCCCCCCCCCCCCOCCOCCOCCOCCOCCOCCOCCOCCOCCOCCO. The molecule has 0 aromatic heterocycles. The van der Waals surface area contributed by atoms with Gasteiger partial charge in [0.1, 0.15) is 0 Å². The van der Waals surface area contributed by atoms with Crippen molar-refractivity contribution < 1.29 is 52.5 Å². The lowest BCUT2D eigenvalue weighted by Gasteiger charge is -2.09. The van der Waals surface area contributed by atoms with E-state index in [2.05, 4.69) is 6.92 Å². The lowest BCUT2D eigenvalue weighted by atomic mass is 10.0. The van der Waals surface area contributed by atoms with Gasteiger partial charge in [0.25, 0.3) is 0 Å². The van der Waals surface area contributed by atoms with Gasteiger partial charge in [-0.2, -0.15) is 0 Å². The second-order valence-corrected chi connectivity index (χ2v) is 19.9. The Kier molecular flexibility index (Phi) is 69.1. The number of aliphatic hydroxyl groups is 1. The zero-order valence-corrected chi connectivity index (χ0v) is 47.2. The summed E-state index contributed by atoms with van der Waals surface area (Å²) in [7, 11) is 0. The van der Waals surface area contributed by atoms with Crippen LogP contribution in [0.5, 0.6) is 0 Å². The van der Waals surface area contributed by atoms with Gasteiger partial charge in [-0.1, -0.05) is 244 Å². The molecule has 0 atom stereocenters. The van der Waals surface area contributed by atoms with Crippen molar-refractivity contribution in [3.63, 3.8) is 0 Å². The molecular weight excluding hydrogens is 897 g/mol. The second-order valence-electron chi connectivity index (χ2n) is 19.9. The third-order valence-corrected chi connectivity index (χ3v) is 13.2. The molecule has 0 aliphatic carbocycles.